The smallest absolute Gasteiger partial charge is 0.191 e. The average Bonchev–Trinajstić information content (AvgIpc) is 2.58. The van der Waals surface area contributed by atoms with Gasteiger partial charge in [-0.25, -0.2) is 0 Å². The standard InChI is InChI=1S/C18H32N4O.HI/c1-19-18(21-13-15-22(2)14-8-16-23-3)20-12-7-11-17-9-5-4-6-10-17;/h4-6,9-10H,7-8,11-16H2,1-3H3,(H2,19,20,21);1H. The molecule has 0 aliphatic rings. The predicted octanol–water partition coefficient (Wildman–Crippen LogP) is 2.37. The van der Waals surface area contributed by atoms with Gasteiger partial charge in [0, 0.05) is 46.9 Å². The molecular weight excluding hydrogens is 415 g/mol. The average molecular weight is 448 g/mol. The van der Waals surface area contributed by atoms with E-state index in [4.69, 9.17) is 4.74 Å². The Morgan fingerprint density at radius 3 is 2.46 bits per heavy atom. The summed E-state index contributed by atoms with van der Waals surface area (Å²) in [5, 5.41) is 6.72. The fourth-order valence-corrected chi connectivity index (χ4v) is 2.32. The summed E-state index contributed by atoms with van der Waals surface area (Å²) in [7, 11) is 5.69. The molecule has 0 heterocycles. The van der Waals surface area contributed by atoms with Gasteiger partial charge in [0.25, 0.3) is 0 Å². The highest BCUT2D eigenvalue weighted by molar-refractivity contribution is 14.0. The van der Waals surface area contributed by atoms with E-state index in [9.17, 15) is 0 Å². The summed E-state index contributed by atoms with van der Waals surface area (Å²) in [5.74, 6) is 0.878. The van der Waals surface area contributed by atoms with E-state index < -0.39 is 0 Å². The fourth-order valence-electron chi connectivity index (χ4n) is 2.32. The second kappa shape index (κ2) is 15.7. The van der Waals surface area contributed by atoms with Crippen LogP contribution in [0.25, 0.3) is 0 Å². The highest BCUT2D eigenvalue weighted by Crippen LogP contribution is 2.01. The maximum atomic E-state index is 5.07. The summed E-state index contributed by atoms with van der Waals surface area (Å²) in [6.45, 7) is 4.69. The first-order chi connectivity index (χ1) is 11.3. The van der Waals surface area contributed by atoms with Crippen molar-refractivity contribution in [3.8, 4) is 0 Å². The minimum Gasteiger partial charge on any atom is -0.385 e. The zero-order valence-electron chi connectivity index (χ0n) is 15.3. The topological polar surface area (TPSA) is 48.9 Å². The molecule has 0 fully saturated rings. The van der Waals surface area contributed by atoms with E-state index in [-0.39, 0.29) is 24.0 Å². The largest absolute Gasteiger partial charge is 0.385 e. The number of nitrogens with one attached hydrogen (secondary N) is 2. The van der Waals surface area contributed by atoms with Crippen LogP contribution in [0.4, 0.5) is 0 Å². The second-order valence-electron chi connectivity index (χ2n) is 5.66. The van der Waals surface area contributed by atoms with E-state index >= 15 is 0 Å². The molecule has 0 unspecified atom stereocenters. The van der Waals surface area contributed by atoms with Crippen molar-refractivity contribution in [1.82, 2.24) is 15.5 Å². The molecule has 1 rings (SSSR count). The molecule has 0 saturated carbocycles. The van der Waals surface area contributed by atoms with Gasteiger partial charge in [-0.2, -0.15) is 0 Å². The number of aryl methyl sites for hydroxylation is 1. The molecule has 0 spiro atoms. The van der Waals surface area contributed by atoms with Gasteiger partial charge in [0.1, 0.15) is 0 Å². The molecule has 0 aromatic heterocycles. The van der Waals surface area contributed by atoms with E-state index in [2.05, 4.69) is 57.9 Å². The Balaban J connectivity index is 0.00000529. The molecule has 5 nitrogen and oxygen atoms in total. The van der Waals surface area contributed by atoms with Crippen molar-refractivity contribution in [2.75, 3.05) is 54.0 Å². The van der Waals surface area contributed by atoms with E-state index in [0.29, 0.717) is 0 Å². The van der Waals surface area contributed by atoms with E-state index in [0.717, 1.165) is 58.0 Å². The van der Waals surface area contributed by atoms with Crippen LogP contribution in [0.2, 0.25) is 0 Å². The zero-order chi connectivity index (χ0) is 16.8. The van der Waals surface area contributed by atoms with Gasteiger partial charge in [0.2, 0.25) is 0 Å². The number of hydrogen-bond donors (Lipinski definition) is 2. The number of hydrogen-bond acceptors (Lipinski definition) is 3. The van der Waals surface area contributed by atoms with Crippen LogP contribution in [0.3, 0.4) is 0 Å². The van der Waals surface area contributed by atoms with E-state index in [1.807, 2.05) is 7.05 Å². The van der Waals surface area contributed by atoms with Crippen LogP contribution in [0, 0.1) is 0 Å². The molecule has 6 heteroatoms. The minimum absolute atomic E-state index is 0. The predicted molar refractivity (Wildman–Crippen MR) is 114 cm³/mol. The summed E-state index contributed by atoms with van der Waals surface area (Å²) in [6, 6.07) is 10.6. The first-order valence-corrected chi connectivity index (χ1v) is 8.42. The lowest BCUT2D eigenvalue weighted by atomic mass is 10.1. The second-order valence-corrected chi connectivity index (χ2v) is 5.66. The SMILES string of the molecule is CN=C(NCCCc1ccccc1)NCCN(C)CCCOC.I. The Kier molecular flexibility index (Phi) is 15.1. The van der Waals surface area contributed by atoms with Gasteiger partial charge in [-0.1, -0.05) is 30.3 Å². The quantitative estimate of drug-likeness (QED) is 0.236. The van der Waals surface area contributed by atoms with Crippen LogP contribution in [0.15, 0.2) is 35.3 Å². The molecule has 1 aromatic carbocycles. The number of nitrogens with zero attached hydrogens (tertiary/aromatic N) is 2. The molecule has 0 atom stereocenters. The van der Waals surface area contributed by atoms with Crippen molar-refractivity contribution in [2.24, 2.45) is 4.99 Å². The number of likely N-dealkylation sites (N-methyl/N-ethyl adjacent to an activating group) is 1. The summed E-state index contributed by atoms with van der Waals surface area (Å²) >= 11 is 0. The molecule has 2 N–H and O–H groups in total. The lowest BCUT2D eigenvalue weighted by molar-refractivity contribution is 0.180. The van der Waals surface area contributed by atoms with Crippen molar-refractivity contribution in [2.45, 2.75) is 19.3 Å². The van der Waals surface area contributed by atoms with Gasteiger partial charge in [-0.05, 0) is 31.9 Å². The molecule has 0 saturated heterocycles. The van der Waals surface area contributed by atoms with Gasteiger partial charge in [-0.15, -0.1) is 24.0 Å². The Morgan fingerprint density at radius 1 is 1.08 bits per heavy atom. The Bertz CT molecular complexity index is 428. The molecule has 0 bridgehead atoms. The third-order valence-corrected chi connectivity index (χ3v) is 3.68. The molecule has 0 amide bonds. The Morgan fingerprint density at radius 2 is 1.79 bits per heavy atom. The first kappa shape index (κ1) is 23.1. The summed E-state index contributed by atoms with van der Waals surface area (Å²) < 4.78 is 5.07. The van der Waals surface area contributed by atoms with Crippen molar-refractivity contribution in [1.29, 1.82) is 0 Å². The van der Waals surface area contributed by atoms with Crippen LogP contribution in [0.5, 0.6) is 0 Å². The van der Waals surface area contributed by atoms with Gasteiger partial charge < -0.3 is 20.3 Å². The molecule has 24 heavy (non-hydrogen) atoms. The van der Waals surface area contributed by atoms with Gasteiger partial charge in [0.15, 0.2) is 5.96 Å². The highest BCUT2D eigenvalue weighted by Gasteiger charge is 2.00. The Labute approximate surface area is 164 Å². The first-order valence-electron chi connectivity index (χ1n) is 8.42. The van der Waals surface area contributed by atoms with Gasteiger partial charge in [-0.3, -0.25) is 4.99 Å². The van der Waals surface area contributed by atoms with Crippen LogP contribution in [-0.4, -0.2) is 64.9 Å². The summed E-state index contributed by atoms with van der Waals surface area (Å²) in [5.41, 5.74) is 1.38. The molecule has 138 valence electrons. The van der Waals surface area contributed by atoms with Crippen LogP contribution < -0.4 is 10.6 Å². The zero-order valence-corrected chi connectivity index (χ0v) is 17.6. The summed E-state index contributed by atoms with van der Waals surface area (Å²) in [6.07, 6.45) is 3.26. The normalized spacial score (nSPS) is 11.2. The molecule has 0 aliphatic carbocycles. The van der Waals surface area contributed by atoms with Crippen molar-refractivity contribution in [3.05, 3.63) is 35.9 Å². The number of methoxy groups -OCH3 is 1. The maximum absolute atomic E-state index is 5.07. The molecule has 0 radical (unpaired) electrons. The van der Waals surface area contributed by atoms with Crippen molar-refractivity contribution in [3.63, 3.8) is 0 Å². The number of rotatable bonds is 11. The minimum atomic E-state index is 0. The van der Waals surface area contributed by atoms with Gasteiger partial charge in [0.05, 0.1) is 0 Å². The number of halogens is 1. The van der Waals surface area contributed by atoms with Crippen LogP contribution in [0.1, 0.15) is 18.4 Å². The number of ether oxygens (including phenoxy) is 1. The summed E-state index contributed by atoms with van der Waals surface area (Å²) in [4.78, 5) is 6.56. The van der Waals surface area contributed by atoms with Gasteiger partial charge >= 0.3 is 0 Å². The Hall–Kier alpha value is -0.860. The van der Waals surface area contributed by atoms with Crippen LogP contribution >= 0.6 is 24.0 Å². The van der Waals surface area contributed by atoms with Crippen molar-refractivity contribution >= 4 is 29.9 Å². The van der Waals surface area contributed by atoms with Crippen molar-refractivity contribution < 1.29 is 4.74 Å². The lowest BCUT2D eigenvalue weighted by Gasteiger charge is -2.18. The van der Waals surface area contributed by atoms with E-state index in [1.54, 1.807) is 7.11 Å². The molecule has 1 aromatic rings. The molecule has 0 aliphatic heterocycles. The third kappa shape index (κ3) is 11.6. The maximum Gasteiger partial charge on any atom is 0.191 e. The number of aliphatic imine (C=N–C) groups is 1. The number of guanidine groups is 1. The highest BCUT2D eigenvalue weighted by atomic mass is 127. The third-order valence-electron chi connectivity index (χ3n) is 3.68. The number of benzene rings is 1. The lowest BCUT2D eigenvalue weighted by Crippen LogP contribution is -2.41. The molecular formula is C18H33IN4O. The monoisotopic (exact) mass is 448 g/mol. The fraction of sp³-hybridized carbons (Fsp3) is 0.611. The van der Waals surface area contributed by atoms with E-state index in [1.165, 1.54) is 5.56 Å². The van der Waals surface area contributed by atoms with Crippen LogP contribution in [-0.2, 0) is 11.2 Å².